The zero-order chi connectivity index (χ0) is 45.9. The van der Waals surface area contributed by atoms with Crippen molar-refractivity contribution in [2.24, 2.45) is 33.8 Å². The van der Waals surface area contributed by atoms with Crippen molar-refractivity contribution >= 4 is 64.1 Å². The highest BCUT2D eigenvalue weighted by molar-refractivity contribution is 5.97. The number of aliphatic imine (C=N–C) groups is 1. The SMILES string of the molecule is C[C@H]1CCC(=O)NCCCC[C@@H](C(N)=O)NC(=O)[C@H](Cc2c[nH]c3ccccc23)NC(=O)[C@H](CCCN=C(N)N)NC(=O)[C@@H](Cc2ccccc2)NC(=O)[C@H](CCC(N)=O)NC1=O. The van der Waals surface area contributed by atoms with Gasteiger partial charge in [0.15, 0.2) is 5.96 Å². The molecule has 8 amide bonds. The summed E-state index contributed by atoms with van der Waals surface area (Å²) in [7, 11) is 0. The molecule has 1 aliphatic heterocycles. The summed E-state index contributed by atoms with van der Waals surface area (Å²) < 4.78 is 0. The molecule has 0 saturated carbocycles. The Morgan fingerprint density at radius 3 is 1.97 bits per heavy atom. The van der Waals surface area contributed by atoms with E-state index in [4.69, 9.17) is 22.9 Å². The highest BCUT2D eigenvalue weighted by Gasteiger charge is 2.33. The number of carbonyl (C=O) groups excluding carboxylic acids is 8. The number of aromatic nitrogens is 1. The smallest absolute Gasteiger partial charge is 0.243 e. The van der Waals surface area contributed by atoms with Crippen LogP contribution in [0.5, 0.6) is 0 Å². The first-order chi connectivity index (χ1) is 30.1. The normalized spacial score (nSPS) is 22.8. The highest BCUT2D eigenvalue weighted by Crippen LogP contribution is 2.20. The number of benzene rings is 2. The van der Waals surface area contributed by atoms with Crippen LogP contribution >= 0.6 is 0 Å². The van der Waals surface area contributed by atoms with Crippen LogP contribution in [0.1, 0.15) is 75.8 Å². The Morgan fingerprint density at radius 1 is 0.683 bits per heavy atom. The number of hydrogen-bond donors (Lipinski definition) is 11. The maximum absolute atomic E-state index is 14.4. The van der Waals surface area contributed by atoms with E-state index in [1.54, 1.807) is 43.5 Å². The van der Waals surface area contributed by atoms with Crippen LogP contribution < -0.4 is 54.8 Å². The van der Waals surface area contributed by atoms with Crippen molar-refractivity contribution < 1.29 is 38.4 Å². The van der Waals surface area contributed by atoms with E-state index in [1.165, 1.54) is 0 Å². The number of fused-ring (bicyclic) bond motifs is 1. The van der Waals surface area contributed by atoms with Gasteiger partial charge in [0.2, 0.25) is 47.3 Å². The first-order valence-electron chi connectivity index (χ1n) is 21.1. The first kappa shape index (κ1) is 48.7. The molecular formula is C43H60N12O8. The van der Waals surface area contributed by atoms with Crippen molar-refractivity contribution in [1.29, 1.82) is 0 Å². The van der Waals surface area contributed by atoms with Crippen LogP contribution in [-0.2, 0) is 51.2 Å². The van der Waals surface area contributed by atoms with Gasteiger partial charge < -0.3 is 59.8 Å². The molecule has 2 heterocycles. The molecule has 1 saturated heterocycles. The molecule has 0 spiro atoms. The maximum Gasteiger partial charge on any atom is 0.243 e. The lowest BCUT2D eigenvalue weighted by Crippen LogP contribution is -2.59. The van der Waals surface area contributed by atoms with E-state index in [9.17, 15) is 38.4 Å². The molecule has 20 nitrogen and oxygen atoms in total. The van der Waals surface area contributed by atoms with Gasteiger partial charge in [-0.1, -0.05) is 55.5 Å². The summed E-state index contributed by atoms with van der Waals surface area (Å²) in [5.74, 6) is -6.38. The average molecular weight is 873 g/mol. The van der Waals surface area contributed by atoms with Gasteiger partial charge in [-0.3, -0.25) is 43.3 Å². The van der Waals surface area contributed by atoms with Crippen LogP contribution in [0.3, 0.4) is 0 Å². The molecule has 1 aliphatic rings. The molecule has 340 valence electrons. The van der Waals surface area contributed by atoms with Gasteiger partial charge in [0.05, 0.1) is 0 Å². The molecule has 0 unspecified atom stereocenters. The minimum absolute atomic E-state index is 0.0112. The maximum atomic E-state index is 14.4. The topological polar surface area (TPSA) is 341 Å². The van der Waals surface area contributed by atoms with Crippen molar-refractivity contribution in [2.45, 2.75) is 108 Å². The number of carbonyl (C=O) groups is 8. The third-order valence-corrected chi connectivity index (χ3v) is 10.7. The molecule has 3 aromatic rings. The molecule has 63 heavy (non-hydrogen) atoms. The Balaban J connectivity index is 1.73. The molecule has 2 aromatic carbocycles. The quantitative estimate of drug-likeness (QED) is 0.0593. The largest absolute Gasteiger partial charge is 0.370 e. The fourth-order valence-electron chi connectivity index (χ4n) is 7.07. The Labute approximate surface area is 365 Å². The van der Waals surface area contributed by atoms with Crippen molar-refractivity contribution in [2.75, 3.05) is 13.1 Å². The number of primary amides is 2. The standard InChI is InChI=1S/C43H60N12O8/c1-25-16-19-36(57)48-20-8-7-14-30(37(45)58)51-42(63)34(23-27-24-50-29-13-6-5-12-28(27)29)55-39(60)31(15-9-21-49-43(46)47)53-41(62)33(22-26-10-3-2-4-11-26)54-40(61)32(52-38(25)59)17-18-35(44)56/h2-6,10-13,24-25,30-34,50H,7-9,14-23H2,1H3,(H2,44,56)(H2,45,58)(H,48,57)(H,51,63)(H,52,59)(H,53,62)(H,54,61)(H,55,60)(H4,46,47,49)/t25-,30-,31-,32-,33+,34-/m0/s1. The van der Waals surface area contributed by atoms with Gasteiger partial charge in [-0.2, -0.15) is 0 Å². The van der Waals surface area contributed by atoms with Crippen LogP contribution in [-0.4, -0.2) is 101 Å². The highest BCUT2D eigenvalue weighted by atomic mass is 16.2. The summed E-state index contributed by atoms with van der Waals surface area (Å²) >= 11 is 0. The molecule has 0 aliphatic carbocycles. The Morgan fingerprint density at radius 2 is 1.29 bits per heavy atom. The lowest BCUT2D eigenvalue weighted by atomic mass is 10.0. The van der Waals surface area contributed by atoms with E-state index in [0.717, 1.165) is 10.9 Å². The van der Waals surface area contributed by atoms with Gasteiger partial charge >= 0.3 is 0 Å². The van der Waals surface area contributed by atoms with E-state index < -0.39 is 77.5 Å². The van der Waals surface area contributed by atoms with Crippen molar-refractivity contribution in [3.8, 4) is 0 Å². The number of amides is 8. The Bertz CT molecular complexity index is 2100. The molecular weight excluding hydrogens is 813 g/mol. The van der Waals surface area contributed by atoms with Gasteiger partial charge in [-0.15, -0.1) is 0 Å². The minimum Gasteiger partial charge on any atom is -0.370 e. The van der Waals surface area contributed by atoms with Gasteiger partial charge in [-0.25, -0.2) is 0 Å². The number of nitrogens with one attached hydrogen (secondary N) is 7. The first-order valence-corrected chi connectivity index (χ1v) is 21.1. The molecule has 0 radical (unpaired) electrons. The third-order valence-electron chi connectivity index (χ3n) is 10.7. The number of rotatable bonds is 12. The molecule has 6 atom stereocenters. The van der Waals surface area contributed by atoms with E-state index in [-0.39, 0.29) is 82.7 Å². The zero-order valence-electron chi connectivity index (χ0n) is 35.5. The number of aromatic amines is 1. The van der Waals surface area contributed by atoms with Crippen LogP contribution in [0.15, 0.2) is 65.8 Å². The van der Waals surface area contributed by atoms with E-state index in [0.29, 0.717) is 24.0 Å². The molecule has 20 heteroatoms. The zero-order valence-corrected chi connectivity index (χ0v) is 35.5. The molecule has 15 N–H and O–H groups in total. The van der Waals surface area contributed by atoms with Crippen LogP contribution in [0.25, 0.3) is 10.9 Å². The summed E-state index contributed by atoms with van der Waals surface area (Å²) in [6, 6.07) is 9.77. The summed E-state index contributed by atoms with van der Waals surface area (Å²) in [5, 5.41) is 17.1. The van der Waals surface area contributed by atoms with E-state index >= 15 is 0 Å². The van der Waals surface area contributed by atoms with Gasteiger partial charge in [0, 0.05) is 61.8 Å². The van der Waals surface area contributed by atoms with Crippen molar-refractivity contribution in [1.82, 2.24) is 36.9 Å². The lowest BCUT2D eigenvalue weighted by Gasteiger charge is -2.27. The fourth-order valence-corrected chi connectivity index (χ4v) is 7.07. The molecule has 4 rings (SSSR count). The van der Waals surface area contributed by atoms with Crippen LogP contribution in [0.2, 0.25) is 0 Å². The number of nitrogens with zero attached hydrogens (tertiary/aromatic N) is 1. The lowest BCUT2D eigenvalue weighted by molar-refractivity contribution is -0.135. The summed E-state index contributed by atoms with van der Waals surface area (Å²) in [6.07, 6.45) is 2.42. The van der Waals surface area contributed by atoms with Gasteiger partial charge in [-0.05, 0) is 62.1 Å². The monoisotopic (exact) mass is 872 g/mol. The van der Waals surface area contributed by atoms with E-state index in [2.05, 4.69) is 41.9 Å². The van der Waals surface area contributed by atoms with Gasteiger partial charge in [0.1, 0.15) is 30.2 Å². The predicted octanol–water partition coefficient (Wildman–Crippen LogP) is -1.10. The molecule has 0 bridgehead atoms. The summed E-state index contributed by atoms with van der Waals surface area (Å²) in [4.78, 5) is 114. The average Bonchev–Trinajstić information content (AvgIpc) is 3.66. The third kappa shape index (κ3) is 16.1. The van der Waals surface area contributed by atoms with Crippen LogP contribution in [0.4, 0.5) is 0 Å². The Hall–Kier alpha value is -6.99. The fraction of sp³-hybridized carbons (Fsp3) is 0.465. The second-order valence-corrected chi connectivity index (χ2v) is 15.7. The Kier molecular flexibility index (Phi) is 18.9. The molecule has 1 fully saturated rings. The van der Waals surface area contributed by atoms with E-state index in [1.807, 2.05) is 24.3 Å². The van der Waals surface area contributed by atoms with Crippen molar-refractivity contribution in [3.05, 3.63) is 71.9 Å². The van der Waals surface area contributed by atoms with Gasteiger partial charge in [0.25, 0.3) is 0 Å². The summed E-state index contributed by atoms with van der Waals surface area (Å²) in [5.41, 5.74) is 24.3. The molecule has 1 aromatic heterocycles. The van der Waals surface area contributed by atoms with Crippen LogP contribution in [0, 0.1) is 5.92 Å². The predicted molar refractivity (Wildman–Crippen MR) is 235 cm³/mol. The number of para-hydroxylation sites is 1. The number of nitrogens with two attached hydrogens (primary N) is 4. The summed E-state index contributed by atoms with van der Waals surface area (Å²) in [6.45, 7) is 1.92. The number of guanidine groups is 1. The minimum atomic E-state index is -1.32. The number of H-pyrrole nitrogens is 1. The number of hydrogen-bond acceptors (Lipinski definition) is 9. The second-order valence-electron chi connectivity index (χ2n) is 15.7. The second kappa shape index (κ2) is 24.5. The van der Waals surface area contributed by atoms with Crippen molar-refractivity contribution in [3.63, 3.8) is 0 Å².